The van der Waals surface area contributed by atoms with Crippen molar-refractivity contribution in [1.82, 2.24) is 4.90 Å². The quantitative estimate of drug-likeness (QED) is 0.650. The summed E-state index contributed by atoms with van der Waals surface area (Å²) in [6, 6.07) is 18.1. The Morgan fingerprint density at radius 3 is 2.00 bits per heavy atom. The van der Waals surface area contributed by atoms with Crippen LogP contribution in [0.5, 0.6) is 0 Å². The van der Waals surface area contributed by atoms with E-state index in [1.54, 1.807) is 11.8 Å². The van der Waals surface area contributed by atoms with Gasteiger partial charge in [0.15, 0.2) is 0 Å². The van der Waals surface area contributed by atoms with Gasteiger partial charge in [-0.25, -0.2) is 0 Å². The lowest BCUT2D eigenvalue weighted by Gasteiger charge is -2.29. The molecule has 0 aromatic heterocycles. The maximum atomic E-state index is 12.9. The van der Waals surface area contributed by atoms with E-state index in [2.05, 4.69) is 32.9 Å². The predicted octanol–water partition coefficient (Wildman–Crippen LogP) is 5.16. The molecule has 2 aromatic rings. The van der Waals surface area contributed by atoms with Gasteiger partial charge < -0.3 is 9.80 Å². The molecule has 0 aliphatic rings. The number of hydrogen-bond acceptors (Lipinski definition) is 2. The molecule has 2 rings (SSSR count). The molecule has 29 heavy (non-hydrogen) atoms. The molecule has 2 aromatic carbocycles. The van der Waals surface area contributed by atoms with Crippen molar-refractivity contribution in [2.75, 3.05) is 11.4 Å². The Hall–Kier alpha value is -2.62. The van der Waals surface area contributed by atoms with Crippen molar-refractivity contribution in [2.45, 2.75) is 66.0 Å². The molecular formula is C25H34N2O2. The van der Waals surface area contributed by atoms with Gasteiger partial charge >= 0.3 is 0 Å². The van der Waals surface area contributed by atoms with Crippen molar-refractivity contribution < 1.29 is 9.59 Å². The van der Waals surface area contributed by atoms with Crippen LogP contribution in [-0.2, 0) is 21.5 Å². The highest BCUT2D eigenvalue weighted by Crippen LogP contribution is 2.25. The SMILES string of the molecule is CC(=O)N(CCC(=O)N(Cc1ccccc1)C(C)C)c1ccc(C(C)(C)C)cc1. The van der Waals surface area contributed by atoms with E-state index >= 15 is 0 Å². The zero-order chi connectivity index (χ0) is 21.6. The maximum Gasteiger partial charge on any atom is 0.224 e. The fraction of sp³-hybridized carbons (Fsp3) is 0.440. The van der Waals surface area contributed by atoms with Crippen LogP contribution in [0, 0.1) is 0 Å². The second kappa shape index (κ2) is 9.73. The molecule has 2 amide bonds. The van der Waals surface area contributed by atoms with E-state index in [1.807, 2.05) is 61.2 Å². The summed E-state index contributed by atoms with van der Waals surface area (Å²) < 4.78 is 0. The summed E-state index contributed by atoms with van der Waals surface area (Å²) in [5.74, 6) is 0.00174. The second-order valence-electron chi connectivity index (χ2n) is 8.82. The van der Waals surface area contributed by atoms with Crippen molar-refractivity contribution in [3.05, 3.63) is 65.7 Å². The predicted molar refractivity (Wildman–Crippen MR) is 120 cm³/mol. The van der Waals surface area contributed by atoms with Gasteiger partial charge in [-0.1, -0.05) is 63.2 Å². The van der Waals surface area contributed by atoms with E-state index in [0.29, 0.717) is 19.5 Å². The summed E-state index contributed by atoms with van der Waals surface area (Å²) >= 11 is 0. The summed E-state index contributed by atoms with van der Waals surface area (Å²) in [4.78, 5) is 28.7. The molecule has 4 heteroatoms. The van der Waals surface area contributed by atoms with Gasteiger partial charge in [0.1, 0.15) is 0 Å². The normalized spacial score (nSPS) is 11.4. The fourth-order valence-corrected chi connectivity index (χ4v) is 3.30. The average Bonchev–Trinajstić information content (AvgIpc) is 2.66. The summed E-state index contributed by atoms with van der Waals surface area (Å²) in [7, 11) is 0. The molecule has 0 heterocycles. The standard InChI is InChI=1S/C25H34N2O2/c1-19(2)27(18-21-10-8-7-9-11-21)24(29)16-17-26(20(3)28)23-14-12-22(13-15-23)25(4,5)6/h7-15,19H,16-18H2,1-6H3. The molecule has 0 N–H and O–H groups in total. The van der Waals surface area contributed by atoms with E-state index in [4.69, 9.17) is 0 Å². The van der Waals surface area contributed by atoms with Crippen molar-refractivity contribution >= 4 is 17.5 Å². The first kappa shape index (κ1) is 22.7. The van der Waals surface area contributed by atoms with Gasteiger partial charge in [-0.15, -0.1) is 0 Å². The smallest absolute Gasteiger partial charge is 0.224 e. The highest BCUT2D eigenvalue weighted by molar-refractivity contribution is 5.92. The van der Waals surface area contributed by atoms with Crippen LogP contribution in [0.1, 0.15) is 59.1 Å². The third-order valence-corrected chi connectivity index (χ3v) is 5.11. The van der Waals surface area contributed by atoms with Gasteiger partial charge in [-0.05, 0) is 42.5 Å². The number of rotatable bonds is 7. The van der Waals surface area contributed by atoms with E-state index in [1.165, 1.54) is 5.56 Å². The molecule has 0 fully saturated rings. The number of carbonyl (C=O) groups is 2. The lowest BCUT2D eigenvalue weighted by molar-refractivity contribution is -0.133. The minimum absolute atomic E-state index is 0.0551. The Morgan fingerprint density at radius 2 is 1.52 bits per heavy atom. The number of amides is 2. The minimum atomic E-state index is -0.0551. The lowest BCUT2D eigenvalue weighted by atomic mass is 9.87. The van der Waals surface area contributed by atoms with Crippen LogP contribution in [0.4, 0.5) is 5.69 Å². The lowest BCUT2D eigenvalue weighted by Crippen LogP contribution is -2.39. The van der Waals surface area contributed by atoms with Gasteiger partial charge in [0, 0.05) is 38.2 Å². The van der Waals surface area contributed by atoms with Crippen molar-refractivity contribution in [1.29, 1.82) is 0 Å². The number of hydrogen-bond donors (Lipinski definition) is 0. The number of nitrogens with zero attached hydrogens (tertiary/aromatic N) is 2. The Bertz CT molecular complexity index is 805. The largest absolute Gasteiger partial charge is 0.336 e. The molecule has 0 aliphatic carbocycles. The molecule has 156 valence electrons. The topological polar surface area (TPSA) is 40.6 Å². The number of anilines is 1. The first-order valence-corrected chi connectivity index (χ1v) is 10.3. The molecule has 0 atom stereocenters. The van der Waals surface area contributed by atoms with Crippen LogP contribution in [0.25, 0.3) is 0 Å². The van der Waals surface area contributed by atoms with E-state index in [-0.39, 0.29) is 23.3 Å². The van der Waals surface area contributed by atoms with Crippen molar-refractivity contribution in [3.8, 4) is 0 Å². The van der Waals surface area contributed by atoms with E-state index in [0.717, 1.165) is 11.3 Å². The minimum Gasteiger partial charge on any atom is -0.336 e. The fourth-order valence-electron chi connectivity index (χ4n) is 3.30. The molecule has 0 saturated heterocycles. The first-order chi connectivity index (χ1) is 13.6. The zero-order valence-electron chi connectivity index (χ0n) is 18.6. The summed E-state index contributed by atoms with van der Waals surface area (Å²) in [5, 5.41) is 0. The van der Waals surface area contributed by atoms with Crippen LogP contribution in [0.3, 0.4) is 0 Å². The van der Waals surface area contributed by atoms with Gasteiger partial charge in [0.25, 0.3) is 0 Å². The third kappa shape index (κ3) is 6.45. The molecule has 0 saturated carbocycles. The molecule has 0 aliphatic heterocycles. The summed E-state index contributed by atoms with van der Waals surface area (Å²) in [6.45, 7) is 13.0. The van der Waals surface area contributed by atoms with Gasteiger partial charge in [0.2, 0.25) is 11.8 Å². The average molecular weight is 395 g/mol. The molecule has 0 spiro atoms. The van der Waals surface area contributed by atoms with Gasteiger partial charge in [-0.2, -0.15) is 0 Å². The van der Waals surface area contributed by atoms with E-state index in [9.17, 15) is 9.59 Å². The molecule has 0 radical (unpaired) electrons. The molecule has 0 bridgehead atoms. The third-order valence-electron chi connectivity index (χ3n) is 5.11. The number of benzene rings is 2. The van der Waals surface area contributed by atoms with Gasteiger partial charge in [0.05, 0.1) is 0 Å². The molecule has 4 nitrogen and oxygen atoms in total. The second-order valence-corrected chi connectivity index (χ2v) is 8.82. The Balaban J connectivity index is 2.08. The Morgan fingerprint density at radius 1 is 0.931 bits per heavy atom. The Kier molecular flexibility index (Phi) is 7.60. The number of carbonyl (C=O) groups excluding carboxylic acids is 2. The van der Waals surface area contributed by atoms with Crippen LogP contribution < -0.4 is 4.90 Å². The zero-order valence-corrected chi connectivity index (χ0v) is 18.6. The monoisotopic (exact) mass is 394 g/mol. The van der Waals surface area contributed by atoms with Crippen molar-refractivity contribution in [2.24, 2.45) is 0 Å². The summed E-state index contributed by atoms with van der Waals surface area (Å²) in [6.07, 6.45) is 0.297. The van der Waals surface area contributed by atoms with Gasteiger partial charge in [-0.3, -0.25) is 9.59 Å². The van der Waals surface area contributed by atoms with E-state index < -0.39 is 0 Å². The molecule has 0 unspecified atom stereocenters. The summed E-state index contributed by atoms with van der Waals surface area (Å²) in [5.41, 5.74) is 3.22. The first-order valence-electron chi connectivity index (χ1n) is 10.3. The Labute approximate surface area is 175 Å². The van der Waals surface area contributed by atoms with Crippen molar-refractivity contribution in [3.63, 3.8) is 0 Å². The highest BCUT2D eigenvalue weighted by atomic mass is 16.2. The maximum absolute atomic E-state index is 12.9. The highest BCUT2D eigenvalue weighted by Gasteiger charge is 2.20. The molecular weight excluding hydrogens is 360 g/mol. The van der Waals surface area contributed by atoms with Crippen LogP contribution >= 0.6 is 0 Å². The van der Waals surface area contributed by atoms with Crippen LogP contribution in [0.2, 0.25) is 0 Å². The van der Waals surface area contributed by atoms with Crippen LogP contribution in [-0.4, -0.2) is 29.3 Å². The van der Waals surface area contributed by atoms with Crippen LogP contribution in [0.15, 0.2) is 54.6 Å².